The molecule has 0 saturated carbocycles. The molecule has 1 atom stereocenters. The van der Waals surface area contributed by atoms with E-state index in [-0.39, 0.29) is 27.1 Å². The minimum atomic E-state index is -0.368. The van der Waals surface area contributed by atoms with Crippen LogP contribution in [0.5, 0.6) is 0 Å². The van der Waals surface area contributed by atoms with Gasteiger partial charge in [0.1, 0.15) is 0 Å². The van der Waals surface area contributed by atoms with Gasteiger partial charge in [0.15, 0.2) is 0 Å². The molecule has 1 unspecified atom stereocenters. The van der Waals surface area contributed by atoms with Gasteiger partial charge in [0, 0.05) is 0 Å². The first kappa shape index (κ1) is 22.8. The van der Waals surface area contributed by atoms with E-state index >= 15 is 0 Å². The Morgan fingerprint density at radius 1 is 0.838 bits per heavy atom. The van der Waals surface area contributed by atoms with Gasteiger partial charge in [-0.3, -0.25) is 0 Å². The number of halogens is 1. The van der Waals surface area contributed by atoms with Crippen molar-refractivity contribution >= 4 is 33.1 Å². The van der Waals surface area contributed by atoms with E-state index in [1.165, 1.54) is 53.8 Å². The Morgan fingerprint density at radius 2 is 1.43 bits per heavy atom. The molecule has 37 heavy (non-hydrogen) atoms. The number of hydrogen-bond donors (Lipinski definition) is 2. The Labute approximate surface area is 226 Å². The summed E-state index contributed by atoms with van der Waals surface area (Å²) in [6, 6.07) is 32.6. The number of nitrogens with zero attached hydrogens (tertiary/aromatic N) is 1. The number of carbonyl (C=O) groups is 1. The van der Waals surface area contributed by atoms with Crippen LogP contribution in [0.15, 0.2) is 91.0 Å². The zero-order valence-electron chi connectivity index (χ0n) is 20.4. The third-order valence-electron chi connectivity index (χ3n) is 7.54. The molecule has 5 aromatic carbocycles. The van der Waals surface area contributed by atoms with Crippen molar-refractivity contribution in [3.05, 3.63) is 113 Å². The van der Waals surface area contributed by atoms with Crippen LogP contribution in [0.3, 0.4) is 0 Å². The maximum atomic E-state index is 12.3. The number of nitrogens with two attached hydrogens (primary N) is 1. The zero-order valence-corrected chi connectivity index (χ0v) is 22.5. The summed E-state index contributed by atoms with van der Waals surface area (Å²) in [4.78, 5) is 14.7. The van der Waals surface area contributed by atoms with Gasteiger partial charge in [-0.1, -0.05) is 48.5 Å². The van der Waals surface area contributed by atoms with Gasteiger partial charge in [0.05, 0.1) is 0 Å². The minimum absolute atomic E-state index is 0.274. The van der Waals surface area contributed by atoms with E-state index < -0.39 is 0 Å². The van der Waals surface area contributed by atoms with Crippen LogP contribution in [0.4, 0.5) is 5.69 Å². The molecule has 1 amide bonds. The second-order valence-electron chi connectivity index (χ2n) is 9.91. The third-order valence-corrected chi connectivity index (χ3v) is 10.0. The van der Waals surface area contributed by atoms with Crippen molar-refractivity contribution in [2.24, 2.45) is 5.73 Å². The van der Waals surface area contributed by atoms with E-state index in [1.54, 1.807) is 0 Å². The van der Waals surface area contributed by atoms with E-state index in [2.05, 4.69) is 89.1 Å². The molecule has 3 N–H and O–H groups in total. The summed E-state index contributed by atoms with van der Waals surface area (Å²) in [5.74, 6) is -0.368. The normalized spacial score (nSPS) is 16.9. The SMILES string of the molecule is NC(=O)c1cc(C2C[I-]2)ccc1NCN1Cc2ccc3ccccc3c2-c2c(ccc3ccccc23)C1. The van der Waals surface area contributed by atoms with Crippen LogP contribution in [0.25, 0.3) is 32.7 Å². The second kappa shape index (κ2) is 9.15. The van der Waals surface area contributed by atoms with Crippen LogP contribution in [0, 0.1) is 0 Å². The molecule has 2 aliphatic rings. The Hall–Kier alpha value is -3.42. The standard InChI is InChI=1S/C32H27IN3O/c34-32(37)27-15-22(28-16-33-28)13-14-29(27)35-19-36-17-23-11-9-20-5-1-3-7-25(20)30(23)31-24(18-36)12-10-21-6-2-4-8-26(21)31/h1-15,28,35H,16-19H2,(H2,34,37)/q-1. The van der Waals surface area contributed by atoms with Crippen molar-refractivity contribution in [1.82, 2.24) is 4.90 Å². The van der Waals surface area contributed by atoms with Crippen molar-refractivity contribution in [3.63, 3.8) is 0 Å². The fraction of sp³-hybridized carbons (Fsp3) is 0.156. The van der Waals surface area contributed by atoms with Gasteiger partial charge >= 0.3 is 168 Å². The van der Waals surface area contributed by atoms with Gasteiger partial charge in [-0.15, -0.1) is 0 Å². The summed E-state index contributed by atoms with van der Waals surface area (Å²) in [5.41, 5.74) is 13.8. The third kappa shape index (κ3) is 4.16. The van der Waals surface area contributed by atoms with E-state index in [0.29, 0.717) is 16.2 Å². The second-order valence-corrected chi connectivity index (χ2v) is 13.2. The molecule has 1 saturated heterocycles. The summed E-state index contributed by atoms with van der Waals surface area (Å²) in [7, 11) is 0. The van der Waals surface area contributed by atoms with Gasteiger partial charge in [0.2, 0.25) is 0 Å². The number of primary amides is 1. The molecule has 7 rings (SSSR count). The maximum absolute atomic E-state index is 12.3. The number of anilines is 1. The molecule has 2 heterocycles. The molecule has 0 radical (unpaired) electrons. The molecule has 5 heteroatoms. The van der Waals surface area contributed by atoms with Crippen molar-refractivity contribution in [2.75, 3.05) is 16.4 Å². The molecule has 4 nitrogen and oxygen atoms in total. The quantitative estimate of drug-likeness (QED) is 0.242. The number of fused-ring (bicyclic) bond motifs is 7. The molecule has 0 spiro atoms. The monoisotopic (exact) mass is 596 g/mol. The first-order valence-corrected chi connectivity index (χ1v) is 15.4. The fourth-order valence-electron chi connectivity index (χ4n) is 5.67. The average molecular weight is 596 g/mol. The number of nitrogens with one attached hydrogen (secondary N) is 1. The fourth-order valence-corrected chi connectivity index (χ4v) is 7.33. The molecule has 2 aliphatic heterocycles. The van der Waals surface area contributed by atoms with Crippen molar-refractivity contribution in [1.29, 1.82) is 0 Å². The van der Waals surface area contributed by atoms with Gasteiger partial charge < -0.3 is 0 Å². The van der Waals surface area contributed by atoms with Crippen molar-refractivity contribution < 1.29 is 26.0 Å². The van der Waals surface area contributed by atoms with Gasteiger partial charge in [-0.05, 0) is 10.8 Å². The van der Waals surface area contributed by atoms with Crippen molar-refractivity contribution in [2.45, 2.75) is 17.0 Å². The van der Waals surface area contributed by atoms with Gasteiger partial charge in [-0.25, -0.2) is 0 Å². The molecule has 5 aromatic rings. The Kier molecular flexibility index (Phi) is 5.63. The van der Waals surface area contributed by atoms with Crippen LogP contribution in [-0.2, 0) is 13.1 Å². The number of carbonyl (C=O) groups excluding carboxylic acids is 1. The van der Waals surface area contributed by atoms with E-state index in [9.17, 15) is 4.79 Å². The summed E-state index contributed by atoms with van der Waals surface area (Å²) < 4.78 is 1.99. The molecule has 1 fully saturated rings. The topological polar surface area (TPSA) is 58.4 Å². The summed E-state index contributed by atoms with van der Waals surface area (Å²) >= 11 is 0.274. The zero-order chi connectivity index (χ0) is 24.9. The molecule has 0 aliphatic carbocycles. The molecule has 184 valence electrons. The van der Waals surface area contributed by atoms with E-state index in [1.807, 2.05) is 12.1 Å². The molecule has 0 bridgehead atoms. The first-order valence-electron chi connectivity index (χ1n) is 12.6. The van der Waals surface area contributed by atoms with E-state index in [4.69, 9.17) is 5.73 Å². The number of amides is 1. The van der Waals surface area contributed by atoms with Crippen molar-refractivity contribution in [3.8, 4) is 11.1 Å². The van der Waals surface area contributed by atoms with Crippen LogP contribution >= 0.6 is 0 Å². The van der Waals surface area contributed by atoms with Crippen LogP contribution in [0.2, 0.25) is 0 Å². The number of alkyl halides is 2. The summed E-state index contributed by atoms with van der Waals surface area (Å²) in [6.07, 6.45) is 0. The molecular weight excluding hydrogens is 569 g/mol. The summed E-state index contributed by atoms with van der Waals surface area (Å²) in [5, 5.41) is 8.66. The first-order chi connectivity index (χ1) is 18.2. The summed E-state index contributed by atoms with van der Waals surface area (Å²) in [6.45, 7) is 2.24. The molecular formula is C32H27IN3O-. The van der Waals surface area contributed by atoms with Gasteiger partial charge in [0.25, 0.3) is 0 Å². The Morgan fingerprint density at radius 3 is 2.00 bits per heavy atom. The predicted molar refractivity (Wildman–Crippen MR) is 147 cm³/mol. The van der Waals surface area contributed by atoms with Crippen LogP contribution in [-0.4, -0.2) is 21.9 Å². The van der Waals surface area contributed by atoms with Gasteiger partial charge in [-0.2, -0.15) is 0 Å². The van der Waals surface area contributed by atoms with E-state index in [0.717, 1.165) is 18.8 Å². The average Bonchev–Trinajstić information content (AvgIpc) is 3.78. The number of hydrogen-bond acceptors (Lipinski definition) is 3. The Bertz CT molecular complexity index is 1600. The number of rotatable bonds is 5. The Balaban J connectivity index is 1.30. The predicted octanol–water partition coefficient (Wildman–Crippen LogP) is 3.29. The van der Waals surface area contributed by atoms with Crippen LogP contribution in [0.1, 0.15) is 31.0 Å². The van der Waals surface area contributed by atoms with Crippen LogP contribution < -0.4 is 32.3 Å². The molecule has 0 aromatic heterocycles. The number of benzene rings is 5.